The predicted molar refractivity (Wildman–Crippen MR) is 96.2 cm³/mol. The second-order valence-corrected chi connectivity index (χ2v) is 4.49. The fourth-order valence-corrected chi connectivity index (χ4v) is 2.12. The van der Waals surface area contributed by atoms with Gasteiger partial charge in [0.05, 0.1) is 11.8 Å². The minimum atomic E-state index is 0.264. The maximum atomic E-state index is 4.50. The van der Waals surface area contributed by atoms with Gasteiger partial charge in [0.2, 0.25) is 0 Å². The van der Waals surface area contributed by atoms with Gasteiger partial charge in [-0.05, 0) is 20.2 Å². The molecule has 0 spiro atoms. The number of hydrogen-bond acceptors (Lipinski definition) is 4. The maximum Gasteiger partial charge on any atom is 0.0752 e. The van der Waals surface area contributed by atoms with Gasteiger partial charge in [-0.15, -0.1) is 6.58 Å². The number of allylic oxidation sites excluding steroid dienone is 1. The van der Waals surface area contributed by atoms with Crippen molar-refractivity contribution in [1.82, 2.24) is 5.01 Å². The van der Waals surface area contributed by atoms with E-state index in [0.29, 0.717) is 0 Å². The van der Waals surface area contributed by atoms with E-state index in [4.69, 9.17) is 0 Å². The Bertz CT molecular complexity index is 282. The van der Waals surface area contributed by atoms with Gasteiger partial charge in [-0.25, -0.2) is 0 Å². The first-order chi connectivity index (χ1) is 10.3. The van der Waals surface area contributed by atoms with Gasteiger partial charge in [0.15, 0.2) is 0 Å². The molecular formula is C17H34N4. The first-order valence-electron chi connectivity index (χ1n) is 7.70. The lowest BCUT2D eigenvalue weighted by Gasteiger charge is -2.13. The highest BCUT2D eigenvalue weighted by Crippen LogP contribution is 2.16. The van der Waals surface area contributed by atoms with E-state index in [0.717, 1.165) is 12.1 Å². The topological polar surface area (TPSA) is 67.6 Å². The van der Waals surface area contributed by atoms with Crippen molar-refractivity contribution in [2.45, 2.75) is 51.0 Å². The highest BCUT2D eigenvalue weighted by molar-refractivity contribution is 5.96. The minimum absolute atomic E-state index is 0.264. The van der Waals surface area contributed by atoms with Crippen LogP contribution in [0.4, 0.5) is 0 Å². The van der Waals surface area contributed by atoms with Crippen LogP contribution in [0.5, 0.6) is 0 Å². The van der Waals surface area contributed by atoms with Crippen molar-refractivity contribution in [2.24, 2.45) is 16.6 Å². The molecule has 4 N–H and O–H groups in total. The van der Waals surface area contributed by atoms with Crippen LogP contribution in [0.25, 0.3) is 0 Å². The van der Waals surface area contributed by atoms with E-state index in [1.165, 1.54) is 52.6 Å². The van der Waals surface area contributed by atoms with Gasteiger partial charge in [-0.2, -0.15) is 5.10 Å². The van der Waals surface area contributed by atoms with E-state index in [-0.39, 0.29) is 6.04 Å². The average Bonchev–Trinajstić information content (AvgIpc) is 3.03. The number of hydrazone groups is 1. The van der Waals surface area contributed by atoms with E-state index in [2.05, 4.69) is 36.3 Å². The smallest absolute Gasteiger partial charge is 0.0752 e. The standard InChI is InChI=1S/C9H12N2.C6H12.2CH5N/c1-4-8-7-9(5-2)11(6-3)10-8;1-2-4-6-5-3-1;2*1-2/h4-6,9H,1-3,7H2;1-6H2;2*2H2,1H3. The molecular weight excluding hydrogens is 260 g/mol. The number of hydrogen-bond donors (Lipinski definition) is 2. The van der Waals surface area contributed by atoms with E-state index in [9.17, 15) is 0 Å². The van der Waals surface area contributed by atoms with Crippen LogP contribution in [-0.4, -0.2) is 30.9 Å². The zero-order valence-corrected chi connectivity index (χ0v) is 13.9. The summed E-state index contributed by atoms with van der Waals surface area (Å²) in [5.74, 6) is 0. The number of rotatable bonds is 3. The molecule has 4 nitrogen and oxygen atoms in total. The summed E-state index contributed by atoms with van der Waals surface area (Å²) in [4.78, 5) is 0. The Morgan fingerprint density at radius 3 is 1.62 bits per heavy atom. The third-order valence-electron chi connectivity index (χ3n) is 3.20. The Kier molecular flexibility index (Phi) is 17.4. The second-order valence-electron chi connectivity index (χ2n) is 4.49. The van der Waals surface area contributed by atoms with Crippen LogP contribution in [0.2, 0.25) is 0 Å². The van der Waals surface area contributed by atoms with Crippen LogP contribution in [0.15, 0.2) is 43.2 Å². The maximum absolute atomic E-state index is 4.50. The normalized spacial score (nSPS) is 19.3. The lowest BCUT2D eigenvalue weighted by atomic mass is 10.0. The first-order valence-corrected chi connectivity index (χ1v) is 7.70. The molecule has 2 rings (SSSR count). The molecule has 4 heteroatoms. The Hall–Kier alpha value is -1.39. The molecule has 0 saturated heterocycles. The fraction of sp³-hybridized carbons (Fsp3) is 0.588. The first kappa shape index (κ1) is 21.9. The highest BCUT2D eigenvalue weighted by Gasteiger charge is 2.19. The lowest BCUT2D eigenvalue weighted by Crippen LogP contribution is -2.17. The zero-order valence-electron chi connectivity index (χ0n) is 13.9. The monoisotopic (exact) mass is 294 g/mol. The van der Waals surface area contributed by atoms with Crippen molar-refractivity contribution in [3.8, 4) is 0 Å². The van der Waals surface area contributed by atoms with Gasteiger partial charge in [-0.3, -0.25) is 5.01 Å². The van der Waals surface area contributed by atoms with Crippen molar-refractivity contribution in [3.05, 3.63) is 38.1 Å². The summed E-state index contributed by atoms with van der Waals surface area (Å²) in [5.41, 5.74) is 10.00. The van der Waals surface area contributed by atoms with Crippen molar-refractivity contribution < 1.29 is 0 Å². The van der Waals surface area contributed by atoms with Crippen LogP contribution < -0.4 is 11.5 Å². The molecule has 0 aromatic rings. The van der Waals surface area contributed by atoms with Crippen LogP contribution in [0, 0.1) is 0 Å². The SMILES string of the molecule is C1CCCCC1.C=CC1=NN(C=C)C(C=C)C1.CN.CN. The fourth-order valence-electron chi connectivity index (χ4n) is 2.12. The third-order valence-corrected chi connectivity index (χ3v) is 3.20. The van der Waals surface area contributed by atoms with E-state index >= 15 is 0 Å². The van der Waals surface area contributed by atoms with E-state index < -0.39 is 0 Å². The molecule has 0 amide bonds. The van der Waals surface area contributed by atoms with Crippen LogP contribution in [0.3, 0.4) is 0 Å². The second kappa shape index (κ2) is 16.7. The third kappa shape index (κ3) is 10.0. The quantitative estimate of drug-likeness (QED) is 0.784. The molecule has 0 radical (unpaired) electrons. The average molecular weight is 294 g/mol. The van der Waals surface area contributed by atoms with Crippen LogP contribution >= 0.6 is 0 Å². The summed E-state index contributed by atoms with van der Waals surface area (Å²) in [6, 6.07) is 0.264. The van der Waals surface area contributed by atoms with E-state index in [1.54, 1.807) is 17.3 Å². The molecule has 2 aliphatic rings. The molecule has 0 bridgehead atoms. The van der Waals surface area contributed by atoms with Crippen LogP contribution in [-0.2, 0) is 0 Å². The van der Waals surface area contributed by atoms with Crippen molar-refractivity contribution in [2.75, 3.05) is 14.1 Å². The number of nitrogens with zero attached hydrogens (tertiary/aromatic N) is 2. The molecule has 1 aliphatic heterocycles. The lowest BCUT2D eigenvalue weighted by molar-refractivity contribution is 0.374. The highest BCUT2D eigenvalue weighted by atomic mass is 15.5. The van der Waals surface area contributed by atoms with Gasteiger partial charge >= 0.3 is 0 Å². The van der Waals surface area contributed by atoms with Gasteiger partial charge in [-0.1, -0.05) is 57.8 Å². The summed E-state index contributed by atoms with van der Waals surface area (Å²) >= 11 is 0. The summed E-state index contributed by atoms with van der Waals surface area (Å²) < 4.78 is 0. The Morgan fingerprint density at radius 2 is 1.38 bits per heavy atom. The minimum Gasteiger partial charge on any atom is -0.333 e. The molecule has 1 aliphatic carbocycles. The summed E-state index contributed by atoms with van der Waals surface area (Å²) in [7, 11) is 3.00. The van der Waals surface area contributed by atoms with Crippen LogP contribution in [0.1, 0.15) is 44.9 Å². The largest absolute Gasteiger partial charge is 0.333 e. The van der Waals surface area contributed by atoms with Gasteiger partial charge < -0.3 is 11.5 Å². The molecule has 0 aromatic heterocycles. The Labute approximate surface area is 131 Å². The zero-order chi connectivity index (χ0) is 16.5. The predicted octanol–water partition coefficient (Wildman–Crippen LogP) is 3.42. The molecule has 122 valence electrons. The Morgan fingerprint density at radius 1 is 0.952 bits per heavy atom. The molecule has 1 atom stereocenters. The van der Waals surface area contributed by atoms with Crippen molar-refractivity contribution >= 4 is 5.71 Å². The molecule has 0 aromatic carbocycles. The van der Waals surface area contributed by atoms with Gasteiger partial charge in [0.25, 0.3) is 0 Å². The van der Waals surface area contributed by atoms with Crippen molar-refractivity contribution in [1.29, 1.82) is 0 Å². The molecule has 1 fully saturated rings. The van der Waals surface area contributed by atoms with Gasteiger partial charge in [0, 0.05) is 12.6 Å². The molecule has 21 heavy (non-hydrogen) atoms. The van der Waals surface area contributed by atoms with E-state index in [1.807, 2.05) is 6.08 Å². The number of nitrogens with two attached hydrogens (primary N) is 2. The molecule has 1 heterocycles. The summed E-state index contributed by atoms with van der Waals surface area (Å²) in [5, 5.41) is 6.02. The van der Waals surface area contributed by atoms with Crippen molar-refractivity contribution in [3.63, 3.8) is 0 Å². The molecule has 1 saturated carbocycles. The molecule has 1 unspecified atom stereocenters. The summed E-state index contributed by atoms with van der Waals surface area (Å²) in [6.45, 7) is 11.0. The van der Waals surface area contributed by atoms with Gasteiger partial charge in [0.1, 0.15) is 0 Å². The Balaban J connectivity index is 0. The summed E-state index contributed by atoms with van der Waals surface area (Å²) in [6.07, 6.45) is 15.2.